The number of aryl methyl sites for hydroxylation is 3. The standard InChI is InChI=1S/C26H30O2S/c1-5-21-8-14-24(15-9-21)29(28-20(4)27,25-16-10-22(6-2)11-17-25)26-18-12-23(7-3)13-19-26/h8-19H,5-7H2,1-4H3. The number of hydrogen-bond donors (Lipinski definition) is 0. The van der Waals surface area contributed by atoms with Gasteiger partial charge in [0.15, 0.2) is 0 Å². The van der Waals surface area contributed by atoms with Gasteiger partial charge in [0.05, 0.1) is 0 Å². The van der Waals surface area contributed by atoms with E-state index < -0.39 is 10.3 Å². The number of benzene rings is 3. The molecule has 29 heavy (non-hydrogen) atoms. The Morgan fingerprint density at radius 2 is 0.897 bits per heavy atom. The molecule has 3 aromatic rings. The van der Waals surface area contributed by atoms with Gasteiger partial charge in [-0.3, -0.25) is 4.79 Å². The monoisotopic (exact) mass is 406 g/mol. The van der Waals surface area contributed by atoms with Gasteiger partial charge in [-0.05, 0) is 82.7 Å². The second kappa shape index (κ2) is 9.32. The van der Waals surface area contributed by atoms with E-state index in [1.54, 1.807) is 0 Å². The van der Waals surface area contributed by atoms with Gasteiger partial charge in [-0.25, -0.2) is 0 Å². The Balaban J connectivity index is 2.28. The molecular formula is C26H30O2S. The average Bonchev–Trinajstić information content (AvgIpc) is 2.77. The predicted molar refractivity (Wildman–Crippen MR) is 122 cm³/mol. The van der Waals surface area contributed by atoms with Crippen molar-refractivity contribution in [3.05, 3.63) is 89.5 Å². The minimum atomic E-state index is -2.16. The summed E-state index contributed by atoms with van der Waals surface area (Å²) in [6.45, 7) is 7.94. The third-order valence-corrected chi connectivity index (χ3v) is 8.53. The van der Waals surface area contributed by atoms with Crippen LogP contribution in [-0.4, -0.2) is 5.97 Å². The zero-order valence-electron chi connectivity index (χ0n) is 17.8. The molecule has 0 spiro atoms. The molecule has 0 fully saturated rings. The summed E-state index contributed by atoms with van der Waals surface area (Å²) in [5.74, 6) is -0.265. The molecule has 0 aliphatic carbocycles. The fraction of sp³-hybridized carbons (Fsp3) is 0.269. The molecule has 0 amide bonds. The molecule has 0 heterocycles. The van der Waals surface area contributed by atoms with Crippen LogP contribution in [0.25, 0.3) is 0 Å². The lowest BCUT2D eigenvalue weighted by Crippen LogP contribution is -2.11. The second-order valence-electron chi connectivity index (χ2n) is 7.12. The Bertz CT molecular complexity index is 826. The van der Waals surface area contributed by atoms with E-state index in [0.29, 0.717) is 0 Å². The summed E-state index contributed by atoms with van der Waals surface area (Å²) in [4.78, 5) is 15.5. The van der Waals surface area contributed by atoms with Crippen molar-refractivity contribution in [2.24, 2.45) is 0 Å². The summed E-state index contributed by atoms with van der Waals surface area (Å²) in [6, 6.07) is 25.6. The highest BCUT2D eigenvalue weighted by molar-refractivity contribution is 8.30. The average molecular weight is 407 g/mol. The summed E-state index contributed by atoms with van der Waals surface area (Å²) in [5, 5.41) is 0. The molecular weight excluding hydrogens is 376 g/mol. The molecule has 0 aliphatic heterocycles. The molecule has 0 bridgehead atoms. The van der Waals surface area contributed by atoms with Crippen molar-refractivity contribution in [1.82, 2.24) is 0 Å². The molecule has 152 valence electrons. The Hall–Kier alpha value is -2.52. The molecule has 0 N–H and O–H groups in total. The molecule has 0 aromatic heterocycles. The Morgan fingerprint density at radius 1 is 0.621 bits per heavy atom. The van der Waals surface area contributed by atoms with Crippen LogP contribution in [0.15, 0.2) is 87.5 Å². The van der Waals surface area contributed by atoms with Crippen molar-refractivity contribution in [3.63, 3.8) is 0 Å². The van der Waals surface area contributed by atoms with E-state index in [1.165, 1.54) is 23.6 Å². The normalized spacial score (nSPS) is 11.9. The Morgan fingerprint density at radius 3 is 1.10 bits per heavy atom. The van der Waals surface area contributed by atoms with Gasteiger partial charge in [0.25, 0.3) is 0 Å². The Labute approximate surface area is 176 Å². The van der Waals surface area contributed by atoms with Crippen LogP contribution in [0.4, 0.5) is 0 Å². The van der Waals surface area contributed by atoms with Crippen LogP contribution in [0.5, 0.6) is 0 Å². The maximum Gasteiger partial charge on any atom is 0.313 e. The summed E-state index contributed by atoms with van der Waals surface area (Å²) >= 11 is 0. The predicted octanol–water partition coefficient (Wildman–Crippen LogP) is 7.13. The molecule has 3 aromatic carbocycles. The third kappa shape index (κ3) is 4.40. The SMILES string of the molecule is CCc1ccc(S(OC(C)=O)(c2ccc(CC)cc2)c2ccc(CC)cc2)cc1. The smallest absolute Gasteiger partial charge is 0.313 e. The topological polar surface area (TPSA) is 26.3 Å². The zero-order valence-corrected chi connectivity index (χ0v) is 18.6. The van der Waals surface area contributed by atoms with Crippen molar-refractivity contribution in [2.75, 3.05) is 0 Å². The van der Waals surface area contributed by atoms with Crippen LogP contribution in [0, 0.1) is 0 Å². The van der Waals surface area contributed by atoms with Crippen molar-refractivity contribution in [1.29, 1.82) is 0 Å². The van der Waals surface area contributed by atoms with E-state index >= 15 is 0 Å². The number of carbonyl (C=O) groups is 1. The first kappa shape index (κ1) is 21.2. The van der Waals surface area contributed by atoms with Crippen molar-refractivity contribution in [3.8, 4) is 0 Å². The fourth-order valence-corrected chi connectivity index (χ4v) is 6.49. The van der Waals surface area contributed by atoms with Gasteiger partial charge in [0, 0.05) is 21.6 Å². The molecule has 0 unspecified atom stereocenters. The van der Waals surface area contributed by atoms with Gasteiger partial charge in [-0.1, -0.05) is 57.2 Å². The minimum absolute atomic E-state index is 0.265. The fourth-order valence-electron chi connectivity index (χ4n) is 3.48. The lowest BCUT2D eigenvalue weighted by Gasteiger charge is -2.39. The molecule has 0 saturated heterocycles. The van der Waals surface area contributed by atoms with Gasteiger partial charge in [-0.15, -0.1) is 0 Å². The van der Waals surface area contributed by atoms with E-state index in [0.717, 1.165) is 33.9 Å². The minimum Gasteiger partial charge on any atom is -0.402 e. The van der Waals surface area contributed by atoms with Crippen LogP contribution in [0.1, 0.15) is 44.4 Å². The highest BCUT2D eigenvalue weighted by Gasteiger charge is 2.34. The van der Waals surface area contributed by atoms with E-state index in [9.17, 15) is 4.79 Å². The van der Waals surface area contributed by atoms with Gasteiger partial charge in [-0.2, -0.15) is 0 Å². The van der Waals surface area contributed by atoms with Crippen LogP contribution in [0.3, 0.4) is 0 Å². The first-order valence-electron chi connectivity index (χ1n) is 10.3. The largest absolute Gasteiger partial charge is 0.402 e. The molecule has 0 radical (unpaired) electrons. The van der Waals surface area contributed by atoms with Crippen LogP contribution < -0.4 is 0 Å². The van der Waals surface area contributed by atoms with Gasteiger partial charge in [0.2, 0.25) is 0 Å². The highest BCUT2D eigenvalue weighted by atomic mass is 32.3. The maximum absolute atomic E-state index is 12.3. The van der Waals surface area contributed by atoms with E-state index in [4.69, 9.17) is 4.18 Å². The van der Waals surface area contributed by atoms with E-state index in [2.05, 4.69) is 93.6 Å². The summed E-state index contributed by atoms with van der Waals surface area (Å²) in [7, 11) is -2.16. The first-order valence-corrected chi connectivity index (χ1v) is 11.9. The molecule has 0 atom stereocenters. The molecule has 3 heteroatoms. The van der Waals surface area contributed by atoms with Crippen molar-refractivity contribution < 1.29 is 8.98 Å². The van der Waals surface area contributed by atoms with Gasteiger partial charge in [0.1, 0.15) is 0 Å². The zero-order chi connectivity index (χ0) is 20.9. The molecule has 0 saturated carbocycles. The maximum atomic E-state index is 12.3. The number of carbonyl (C=O) groups excluding carboxylic acids is 1. The second-order valence-corrected chi connectivity index (χ2v) is 9.82. The number of hydrogen-bond acceptors (Lipinski definition) is 2. The van der Waals surface area contributed by atoms with Crippen LogP contribution in [-0.2, 0) is 28.2 Å². The molecule has 0 aliphatic rings. The third-order valence-electron chi connectivity index (χ3n) is 5.23. The first-order chi connectivity index (χ1) is 14.0. The summed E-state index contributed by atoms with van der Waals surface area (Å²) in [6.07, 6.45) is 2.94. The number of rotatable bonds is 7. The van der Waals surface area contributed by atoms with Gasteiger partial charge < -0.3 is 4.18 Å². The van der Waals surface area contributed by atoms with E-state index in [-0.39, 0.29) is 5.97 Å². The lowest BCUT2D eigenvalue weighted by atomic mass is 10.2. The van der Waals surface area contributed by atoms with Crippen molar-refractivity contribution in [2.45, 2.75) is 61.6 Å². The highest BCUT2D eigenvalue weighted by Crippen LogP contribution is 2.69. The van der Waals surface area contributed by atoms with E-state index in [1.807, 2.05) is 0 Å². The quantitative estimate of drug-likeness (QED) is 0.417. The van der Waals surface area contributed by atoms with Gasteiger partial charge >= 0.3 is 5.97 Å². The van der Waals surface area contributed by atoms with Crippen LogP contribution in [0.2, 0.25) is 0 Å². The summed E-state index contributed by atoms with van der Waals surface area (Å²) < 4.78 is 6.26. The van der Waals surface area contributed by atoms with Crippen LogP contribution >= 0.6 is 10.3 Å². The Kier molecular flexibility index (Phi) is 6.81. The molecule has 3 rings (SSSR count). The molecule has 2 nitrogen and oxygen atoms in total. The summed E-state index contributed by atoms with van der Waals surface area (Å²) in [5.41, 5.74) is 3.81. The lowest BCUT2D eigenvalue weighted by molar-refractivity contribution is -0.131. The van der Waals surface area contributed by atoms with Crippen molar-refractivity contribution >= 4 is 16.3 Å².